The summed E-state index contributed by atoms with van der Waals surface area (Å²) in [4.78, 5) is 24.0. The Hall–Kier alpha value is -1.66. The average molecular weight is 401 g/mol. The Balaban J connectivity index is 1.27. The van der Waals surface area contributed by atoms with Gasteiger partial charge < -0.3 is 19.4 Å². The molecular formula is C23H36N4O2. The number of nitrogens with zero attached hydrogens (tertiary/aromatic N) is 4. The minimum Gasteiger partial charge on any atom is -0.478 e. The number of carbonyl (C=O) groups is 1. The summed E-state index contributed by atoms with van der Waals surface area (Å²) in [7, 11) is 0. The summed E-state index contributed by atoms with van der Waals surface area (Å²) in [5, 5.41) is 0. The Bertz CT molecular complexity index is 659. The predicted molar refractivity (Wildman–Crippen MR) is 115 cm³/mol. The third-order valence-electron chi connectivity index (χ3n) is 6.77. The van der Waals surface area contributed by atoms with Crippen molar-refractivity contribution in [2.24, 2.45) is 0 Å². The molecule has 1 aromatic rings. The van der Waals surface area contributed by atoms with Crippen LogP contribution in [0.1, 0.15) is 58.3 Å². The lowest BCUT2D eigenvalue weighted by molar-refractivity contribution is -0.117. The van der Waals surface area contributed by atoms with Gasteiger partial charge in [0.2, 0.25) is 11.8 Å². The van der Waals surface area contributed by atoms with Gasteiger partial charge in [-0.1, -0.05) is 6.42 Å². The summed E-state index contributed by atoms with van der Waals surface area (Å²) in [6.45, 7) is 8.64. The molecule has 1 amide bonds. The van der Waals surface area contributed by atoms with E-state index in [-0.39, 0.29) is 11.9 Å². The van der Waals surface area contributed by atoms with E-state index in [1.54, 1.807) is 0 Å². The van der Waals surface area contributed by atoms with Crippen molar-refractivity contribution in [3.8, 4) is 5.88 Å². The number of piperidine rings is 1. The van der Waals surface area contributed by atoms with Gasteiger partial charge in [0.05, 0.1) is 24.5 Å². The highest BCUT2D eigenvalue weighted by molar-refractivity contribution is 5.96. The van der Waals surface area contributed by atoms with E-state index in [1.807, 2.05) is 23.2 Å². The van der Waals surface area contributed by atoms with Gasteiger partial charge in [0.15, 0.2) is 0 Å². The number of carbonyl (C=O) groups excluding carboxylic acids is 1. The van der Waals surface area contributed by atoms with Gasteiger partial charge in [-0.2, -0.15) is 0 Å². The summed E-state index contributed by atoms with van der Waals surface area (Å²) in [6, 6.07) is 4.90. The number of likely N-dealkylation sites (tertiary alicyclic amines) is 2. The van der Waals surface area contributed by atoms with Crippen LogP contribution in [-0.4, -0.2) is 72.1 Å². The Morgan fingerprint density at radius 1 is 1.10 bits per heavy atom. The zero-order chi connectivity index (χ0) is 20.1. The quantitative estimate of drug-likeness (QED) is 0.627. The van der Waals surface area contributed by atoms with E-state index in [2.05, 4.69) is 21.7 Å². The normalized spacial score (nSPS) is 26.4. The molecule has 29 heavy (non-hydrogen) atoms. The van der Waals surface area contributed by atoms with E-state index in [0.717, 1.165) is 31.6 Å². The molecule has 4 heterocycles. The number of hydrogen-bond donors (Lipinski definition) is 0. The van der Waals surface area contributed by atoms with Gasteiger partial charge in [-0.25, -0.2) is 4.98 Å². The first-order chi connectivity index (χ1) is 14.2. The highest BCUT2D eigenvalue weighted by atomic mass is 16.5. The molecule has 3 aliphatic heterocycles. The molecule has 3 aliphatic rings. The number of anilines is 1. The average Bonchev–Trinajstić information content (AvgIpc) is 3.32. The molecule has 6 heteroatoms. The molecule has 1 unspecified atom stereocenters. The molecule has 0 aliphatic carbocycles. The van der Waals surface area contributed by atoms with E-state index in [1.165, 1.54) is 51.7 Å². The van der Waals surface area contributed by atoms with Crippen molar-refractivity contribution in [3.63, 3.8) is 0 Å². The van der Waals surface area contributed by atoms with Crippen molar-refractivity contribution >= 4 is 11.6 Å². The monoisotopic (exact) mass is 400 g/mol. The fourth-order valence-electron chi connectivity index (χ4n) is 5.08. The summed E-state index contributed by atoms with van der Waals surface area (Å²) in [6.07, 6.45) is 11.0. The Labute approximate surface area is 175 Å². The number of amides is 1. The third-order valence-corrected chi connectivity index (χ3v) is 6.77. The van der Waals surface area contributed by atoms with Crippen molar-refractivity contribution in [3.05, 3.63) is 18.3 Å². The highest BCUT2D eigenvalue weighted by Crippen LogP contribution is 2.28. The molecule has 0 N–H and O–H groups in total. The third kappa shape index (κ3) is 5.28. The van der Waals surface area contributed by atoms with Crippen LogP contribution in [0.2, 0.25) is 0 Å². The SMILES string of the molecule is CC1CCCN1CCCOc1ccc(N2C(=O)CC[C@H]2CN2CCCCC2)cn1. The van der Waals surface area contributed by atoms with Gasteiger partial charge in [-0.05, 0) is 71.1 Å². The molecule has 6 nitrogen and oxygen atoms in total. The molecule has 3 saturated heterocycles. The van der Waals surface area contributed by atoms with Crippen LogP contribution in [0.5, 0.6) is 5.88 Å². The molecule has 3 fully saturated rings. The lowest BCUT2D eigenvalue weighted by Gasteiger charge is -2.32. The lowest BCUT2D eigenvalue weighted by Crippen LogP contribution is -2.43. The Morgan fingerprint density at radius 3 is 2.69 bits per heavy atom. The first-order valence-corrected chi connectivity index (χ1v) is 11.6. The summed E-state index contributed by atoms with van der Waals surface area (Å²) >= 11 is 0. The van der Waals surface area contributed by atoms with Crippen LogP contribution in [0, 0.1) is 0 Å². The van der Waals surface area contributed by atoms with Crippen molar-refractivity contribution in [1.29, 1.82) is 0 Å². The number of aromatic nitrogens is 1. The number of pyridine rings is 1. The van der Waals surface area contributed by atoms with Crippen LogP contribution in [-0.2, 0) is 4.79 Å². The van der Waals surface area contributed by atoms with Gasteiger partial charge >= 0.3 is 0 Å². The Morgan fingerprint density at radius 2 is 1.97 bits per heavy atom. The fourth-order valence-corrected chi connectivity index (χ4v) is 5.08. The Kier molecular flexibility index (Phi) is 7.03. The predicted octanol–water partition coefficient (Wildman–Crippen LogP) is 3.32. The molecule has 2 atom stereocenters. The van der Waals surface area contributed by atoms with E-state index in [0.29, 0.717) is 24.9 Å². The van der Waals surface area contributed by atoms with E-state index >= 15 is 0 Å². The van der Waals surface area contributed by atoms with E-state index < -0.39 is 0 Å². The maximum atomic E-state index is 12.5. The fraction of sp³-hybridized carbons (Fsp3) is 0.739. The van der Waals surface area contributed by atoms with Gasteiger partial charge in [-0.3, -0.25) is 4.79 Å². The zero-order valence-electron chi connectivity index (χ0n) is 17.9. The van der Waals surface area contributed by atoms with Crippen LogP contribution in [0.15, 0.2) is 18.3 Å². The maximum Gasteiger partial charge on any atom is 0.227 e. The van der Waals surface area contributed by atoms with Crippen LogP contribution >= 0.6 is 0 Å². The molecule has 0 spiro atoms. The lowest BCUT2D eigenvalue weighted by atomic mass is 10.1. The molecule has 4 rings (SSSR count). The molecule has 0 aromatic carbocycles. The van der Waals surface area contributed by atoms with E-state index in [4.69, 9.17) is 4.74 Å². The van der Waals surface area contributed by atoms with Gasteiger partial charge in [-0.15, -0.1) is 0 Å². The topological polar surface area (TPSA) is 48.9 Å². The van der Waals surface area contributed by atoms with Crippen LogP contribution in [0.4, 0.5) is 5.69 Å². The molecular weight excluding hydrogens is 364 g/mol. The number of hydrogen-bond acceptors (Lipinski definition) is 5. The highest BCUT2D eigenvalue weighted by Gasteiger charge is 2.33. The first-order valence-electron chi connectivity index (χ1n) is 11.6. The van der Waals surface area contributed by atoms with Gasteiger partial charge in [0.1, 0.15) is 0 Å². The zero-order valence-corrected chi connectivity index (χ0v) is 17.9. The molecule has 1 aromatic heterocycles. The minimum absolute atomic E-state index is 0.224. The van der Waals surface area contributed by atoms with Crippen molar-refractivity contribution < 1.29 is 9.53 Å². The molecule has 0 radical (unpaired) electrons. The largest absolute Gasteiger partial charge is 0.478 e. The van der Waals surface area contributed by atoms with Gasteiger partial charge in [0.25, 0.3) is 0 Å². The maximum absolute atomic E-state index is 12.5. The minimum atomic E-state index is 0.224. The van der Waals surface area contributed by atoms with Crippen molar-refractivity contribution in [1.82, 2.24) is 14.8 Å². The number of ether oxygens (including phenoxy) is 1. The molecule has 0 bridgehead atoms. The second kappa shape index (κ2) is 9.90. The van der Waals surface area contributed by atoms with Crippen LogP contribution in [0.25, 0.3) is 0 Å². The van der Waals surface area contributed by atoms with Crippen molar-refractivity contribution in [2.75, 3.05) is 44.2 Å². The van der Waals surface area contributed by atoms with E-state index in [9.17, 15) is 4.79 Å². The standard InChI is InChI=1S/C23H36N4O2/c1-19-7-5-14-26(19)15-6-16-29-22-10-8-20(17-24-22)27-21(9-11-23(27)28)18-25-12-3-2-4-13-25/h8,10,17,19,21H,2-7,9,11-16,18H2,1H3/t19?,21-/m0/s1. The summed E-state index contributed by atoms with van der Waals surface area (Å²) < 4.78 is 5.84. The van der Waals surface area contributed by atoms with Crippen molar-refractivity contribution in [2.45, 2.75) is 70.4 Å². The number of rotatable bonds is 8. The molecule has 0 saturated carbocycles. The first kappa shape index (κ1) is 20.6. The second-order valence-electron chi connectivity index (χ2n) is 8.90. The molecule has 160 valence electrons. The van der Waals surface area contributed by atoms with Crippen LogP contribution in [0.3, 0.4) is 0 Å². The summed E-state index contributed by atoms with van der Waals surface area (Å²) in [5.74, 6) is 0.879. The summed E-state index contributed by atoms with van der Waals surface area (Å²) in [5.41, 5.74) is 0.910. The van der Waals surface area contributed by atoms with Crippen LogP contribution < -0.4 is 9.64 Å². The smallest absolute Gasteiger partial charge is 0.227 e. The van der Waals surface area contributed by atoms with Gasteiger partial charge in [0, 0.05) is 31.6 Å². The second-order valence-corrected chi connectivity index (χ2v) is 8.90.